The number of aromatic hydroxyl groups is 1. The lowest BCUT2D eigenvalue weighted by Crippen LogP contribution is -2.65. The van der Waals surface area contributed by atoms with Gasteiger partial charge in [0, 0.05) is 74.7 Å². The SMILES string of the molecule is CC(=O)C1=C(O)[C@@]2(O)C(=O)C3=C(O)c4c(O)c(CN5CC6(C5)CC(F)(F)C6)cc(N(C)C)c4C[C@H]3C[C@H]2[C@H](N(C)C)C1=O. The number of likely N-dealkylation sites (N-methyl/N-ethyl adjacent to an activating group) is 1. The lowest BCUT2D eigenvalue weighted by Gasteiger charge is -2.58. The van der Waals surface area contributed by atoms with Gasteiger partial charge in [0.25, 0.3) is 0 Å². The third-order valence-corrected chi connectivity index (χ3v) is 10.1. The topological polar surface area (TPSA) is 142 Å². The second-order valence-electron chi connectivity index (χ2n) is 13.7. The van der Waals surface area contributed by atoms with Crippen LogP contribution in [0.3, 0.4) is 0 Å². The molecule has 6 rings (SSSR count). The number of phenols is 1. The van der Waals surface area contributed by atoms with Crippen molar-refractivity contribution in [2.24, 2.45) is 17.3 Å². The molecule has 1 saturated heterocycles. The van der Waals surface area contributed by atoms with Crippen molar-refractivity contribution < 1.29 is 43.6 Å². The molecule has 12 heteroatoms. The van der Waals surface area contributed by atoms with E-state index >= 15 is 0 Å². The zero-order chi connectivity index (χ0) is 31.5. The molecule has 4 aliphatic carbocycles. The van der Waals surface area contributed by atoms with Crippen LogP contribution in [0.2, 0.25) is 0 Å². The molecule has 0 radical (unpaired) electrons. The van der Waals surface area contributed by atoms with Crippen molar-refractivity contribution in [3.05, 3.63) is 39.7 Å². The van der Waals surface area contributed by atoms with Crippen molar-refractivity contribution >= 4 is 28.8 Å². The number of benzene rings is 1. The number of hydrogen-bond donors (Lipinski definition) is 4. The van der Waals surface area contributed by atoms with Crippen LogP contribution in [0.4, 0.5) is 14.5 Å². The molecule has 0 unspecified atom stereocenters. The average molecular weight is 602 g/mol. The standard InChI is InChI=1S/C31H37F2N3O7/c1-14(37)20-26(40)23(35(4)5)18-7-15-6-17-19(34(2)3)8-16(9-36-12-29(13-36)10-30(32,33)11-29)24(38)22(17)25(39)21(15)28(42)31(18,43)27(20)41/h8,15,18,23,38-39,41,43H,6-7,9-13H2,1-5H3/t15-,18-,23-,31+/m0/s1. The highest BCUT2D eigenvalue weighted by molar-refractivity contribution is 6.25. The smallest absolute Gasteiger partial charge is 0.249 e. The van der Waals surface area contributed by atoms with Gasteiger partial charge in [-0.15, -0.1) is 0 Å². The van der Waals surface area contributed by atoms with E-state index in [0.29, 0.717) is 29.9 Å². The van der Waals surface area contributed by atoms with Crippen LogP contribution < -0.4 is 4.90 Å². The summed E-state index contributed by atoms with van der Waals surface area (Å²) in [4.78, 5) is 45.2. The molecular formula is C31H37F2N3O7. The Labute approximate surface area is 247 Å². The number of carbonyl (C=O) groups excluding carboxylic acids is 3. The summed E-state index contributed by atoms with van der Waals surface area (Å²) in [6, 6.07) is 0.724. The molecule has 0 amide bonds. The molecule has 232 valence electrons. The largest absolute Gasteiger partial charge is 0.508 e. The van der Waals surface area contributed by atoms with Gasteiger partial charge in [-0.25, -0.2) is 8.78 Å². The first-order valence-electron chi connectivity index (χ1n) is 14.4. The Balaban J connectivity index is 1.43. The van der Waals surface area contributed by atoms with Gasteiger partial charge in [-0.05, 0) is 51.4 Å². The number of alkyl halides is 2. The molecule has 43 heavy (non-hydrogen) atoms. The number of Topliss-reactive ketones (excluding diaryl/α,β-unsaturated/α-hetero) is 3. The fourth-order valence-corrected chi connectivity index (χ4v) is 8.49. The number of halogens is 2. The van der Waals surface area contributed by atoms with E-state index in [9.17, 15) is 43.6 Å². The summed E-state index contributed by atoms with van der Waals surface area (Å²) in [6.07, 6.45) is -0.0545. The van der Waals surface area contributed by atoms with Gasteiger partial charge in [0.05, 0.1) is 11.6 Å². The number of aliphatic hydroxyl groups is 3. The Morgan fingerprint density at radius 2 is 1.72 bits per heavy atom. The normalized spacial score (nSPS) is 31.0. The lowest BCUT2D eigenvalue weighted by atomic mass is 9.57. The fraction of sp³-hybridized carbons (Fsp3) is 0.581. The predicted molar refractivity (Wildman–Crippen MR) is 152 cm³/mol. The number of nitrogens with zero attached hydrogens (tertiary/aromatic N) is 3. The first kappa shape index (κ1) is 29.7. The van der Waals surface area contributed by atoms with Crippen molar-refractivity contribution in [3.8, 4) is 5.75 Å². The third kappa shape index (κ3) is 4.09. The number of likely N-dealkylation sites (tertiary alicyclic amines) is 1. The summed E-state index contributed by atoms with van der Waals surface area (Å²) in [5.41, 5.74) is -2.09. The zero-order valence-electron chi connectivity index (χ0n) is 24.9. The first-order valence-corrected chi connectivity index (χ1v) is 14.4. The molecule has 3 fully saturated rings. The Morgan fingerprint density at radius 3 is 2.26 bits per heavy atom. The van der Waals surface area contributed by atoms with Gasteiger partial charge in [-0.1, -0.05) is 0 Å². The molecule has 1 aromatic carbocycles. The summed E-state index contributed by atoms with van der Waals surface area (Å²) in [6.45, 7) is 2.25. The molecule has 4 atom stereocenters. The molecule has 0 bridgehead atoms. The number of hydrogen-bond acceptors (Lipinski definition) is 10. The molecule has 1 aliphatic heterocycles. The lowest BCUT2D eigenvalue weighted by molar-refractivity contribution is -0.215. The number of ketones is 3. The van der Waals surface area contributed by atoms with Crippen LogP contribution in [0.5, 0.6) is 5.75 Å². The van der Waals surface area contributed by atoms with E-state index in [1.54, 1.807) is 34.3 Å². The van der Waals surface area contributed by atoms with Crippen molar-refractivity contribution in [2.75, 3.05) is 46.2 Å². The van der Waals surface area contributed by atoms with E-state index in [2.05, 4.69) is 0 Å². The number of phenolic OH excluding ortho intramolecular Hbond substituents is 1. The summed E-state index contributed by atoms with van der Waals surface area (Å²) < 4.78 is 27.0. The van der Waals surface area contributed by atoms with Crippen molar-refractivity contribution in [2.45, 2.75) is 56.7 Å². The van der Waals surface area contributed by atoms with Crippen molar-refractivity contribution in [3.63, 3.8) is 0 Å². The molecule has 1 spiro atoms. The van der Waals surface area contributed by atoms with Gasteiger partial charge in [0.1, 0.15) is 22.8 Å². The summed E-state index contributed by atoms with van der Waals surface area (Å²) >= 11 is 0. The minimum Gasteiger partial charge on any atom is -0.508 e. The molecule has 1 heterocycles. The van der Waals surface area contributed by atoms with Crippen LogP contribution in [0, 0.1) is 17.3 Å². The van der Waals surface area contributed by atoms with E-state index in [-0.39, 0.29) is 49.1 Å². The molecule has 1 aromatic rings. The van der Waals surface area contributed by atoms with Crippen LogP contribution in [0.25, 0.3) is 5.76 Å². The molecule has 0 aromatic heterocycles. The maximum atomic E-state index is 14.1. The minimum absolute atomic E-state index is 0.0413. The van der Waals surface area contributed by atoms with E-state index in [1.807, 2.05) is 9.80 Å². The van der Waals surface area contributed by atoms with Crippen LogP contribution in [-0.2, 0) is 27.3 Å². The summed E-state index contributed by atoms with van der Waals surface area (Å²) in [7, 11) is 6.79. The number of carbonyl (C=O) groups is 3. The van der Waals surface area contributed by atoms with Gasteiger partial charge >= 0.3 is 0 Å². The maximum absolute atomic E-state index is 14.1. The van der Waals surface area contributed by atoms with Crippen LogP contribution in [0.15, 0.2) is 23.0 Å². The maximum Gasteiger partial charge on any atom is 0.249 e. The van der Waals surface area contributed by atoms with E-state index in [4.69, 9.17) is 0 Å². The van der Waals surface area contributed by atoms with Gasteiger partial charge in [-0.2, -0.15) is 0 Å². The molecule has 5 aliphatic rings. The number of aliphatic hydroxyl groups excluding tert-OH is 2. The van der Waals surface area contributed by atoms with E-state index < -0.39 is 69.3 Å². The predicted octanol–water partition coefficient (Wildman–Crippen LogP) is 2.36. The monoisotopic (exact) mass is 601 g/mol. The summed E-state index contributed by atoms with van der Waals surface area (Å²) in [5, 5.41) is 46.1. The Kier molecular flexibility index (Phi) is 6.44. The second-order valence-corrected chi connectivity index (χ2v) is 13.7. The highest BCUT2D eigenvalue weighted by Crippen LogP contribution is 2.58. The summed E-state index contributed by atoms with van der Waals surface area (Å²) in [5.74, 6) is -8.65. The van der Waals surface area contributed by atoms with E-state index in [1.165, 1.54) is 4.90 Å². The molecule has 10 nitrogen and oxygen atoms in total. The van der Waals surface area contributed by atoms with Gasteiger partial charge < -0.3 is 25.3 Å². The van der Waals surface area contributed by atoms with Crippen molar-refractivity contribution in [1.82, 2.24) is 9.80 Å². The second kappa shape index (κ2) is 9.33. The van der Waals surface area contributed by atoms with Gasteiger partial charge in [0.15, 0.2) is 17.2 Å². The molecule has 4 N–H and O–H groups in total. The Hall–Kier alpha value is -3.35. The first-order chi connectivity index (χ1) is 19.9. The fourth-order valence-electron chi connectivity index (χ4n) is 8.49. The van der Waals surface area contributed by atoms with E-state index in [0.717, 1.165) is 6.92 Å². The Bertz CT molecular complexity index is 1530. The Morgan fingerprint density at radius 1 is 1.09 bits per heavy atom. The van der Waals surface area contributed by atoms with Crippen LogP contribution in [0.1, 0.15) is 42.9 Å². The van der Waals surface area contributed by atoms with Crippen LogP contribution >= 0.6 is 0 Å². The number of rotatable bonds is 5. The average Bonchev–Trinajstić information content (AvgIpc) is 2.84. The minimum atomic E-state index is -2.63. The third-order valence-electron chi connectivity index (χ3n) is 10.1. The molecule has 2 saturated carbocycles. The van der Waals surface area contributed by atoms with Gasteiger partial charge in [0.2, 0.25) is 11.7 Å². The quantitative estimate of drug-likeness (QED) is 0.372. The zero-order valence-corrected chi connectivity index (χ0v) is 24.9. The number of fused-ring (bicyclic) bond motifs is 3. The number of anilines is 1. The molecular weight excluding hydrogens is 564 g/mol. The van der Waals surface area contributed by atoms with Crippen molar-refractivity contribution in [1.29, 1.82) is 0 Å². The van der Waals surface area contributed by atoms with Gasteiger partial charge in [-0.3, -0.25) is 24.2 Å². The highest BCUT2D eigenvalue weighted by atomic mass is 19.3. The highest BCUT2D eigenvalue weighted by Gasteiger charge is 2.64. The van der Waals surface area contributed by atoms with Crippen LogP contribution in [-0.4, -0.2) is 106 Å².